The SMILES string of the molecule is CN1C[C@@H](CN(C)C(=O)NCc2ccc(-c3ccccc3Cl)o2)CC1=O. The van der Waals surface area contributed by atoms with E-state index in [1.54, 1.807) is 30.0 Å². The molecule has 6 nitrogen and oxygen atoms in total. The van der Waals surface area contributed by atoms with Gasteiger partial charge in [0.05, 0.1) is 11.6 Å². The maximum Gasteiger partial charge on any atom is 0.317 e. The molecule has 2 aromatic rings. The second-order valence-corrected chi connectivity index (χ2v) is 7.04. The summed E-state index contributed by atoms with van der Waals surface area (Å²) >= 11 is 6.17. The molecule has 1 atom stereocenters. The zero-order valence-electron chi connectivity index (χ0n) is 14.9. The lowest BCUT2D eigenvalue weighted by molar-refractivity contribution is -0.126. The smallest absolute Gasteiger partial charge is 0.317 e. The Morgan fingerprint density at radius 3 is 2.81 bits per heavy atom. The maximum absolute atomic E-state index is 12.3. The molecule has 1 aliphatic heterocycles. The van der Waals surface area contributed by atoms with Crippen LogP contribution in [0.25, 0.3) is 11.3 Å². The van der Waals surface area contributed by atoms with Crippen molar-refractivity contribution >= 4 is 23.5 Å². The van der Waals surface area contributed by atoms with Crippen LogP contribution in [0.2, 0.25) is 5.02 Å². The van der Waals surface area contributed by atoms with Crippen molar-refractivity contribution < 1.29 is 14.0 Å². The van der Waals surface area contributed by atoms with Crippen LogP contribution in [-0.2, 0) is 11.3 Å². The number of urea groups is 1. The summed E-state index contributed by atoms with van der Waals surface area (Å²) in [5.74, 6) is 1.63. The van der Waals surface area contributed by atoms with Gasteiger partial charge in [-0.2, -0.15) is 0 Å². The number of carbonyl (C=O) groups excluding carboxylic acids is 2. The van der Waals surface area contributed by atoms with Gasteiger partial charge in [0.1, 0.15) is 11.5 Å². The van der Waals surface area contributed by atoms with Gasteiger partial charge >= 0.3 is 6.03 Å². The van der Waals surface area contributed by atoms with Crippen molar-refractivity contribution in [2.75, 3.05) is 27.2 Å². The molecule has 7 heteroatoms. The van der Waals surface area contributed by atoms with Gasteiger partial charge < -0.3 is 19.5 Å². The zero-order valence-corrected chi connectivity index (χ0v) is 15.6. The quantitative estimate of drug-likeness (QED) is 0.872. The highest BCUT2D eigenvalue weighted by atomic mass is 35.5. The van der Waals surface area contributed by atoms with E-state index in [1.807, 2.05) is 30.3 Å². The molecule has 0 unspecified atom stereocenters. The topological polar surface area (TPSA) is 65.8 Å². The molecule has 26 heavy (non-hydrogen) atoms. The molecule has 0 aliphatic carbocycles. The summed E-state index contributed by atoms with van der Waals surface area (Å²) in [6.45, 7) is 1.53. The Kier molecular flexibility index (Phi) is 5.52. The number of amides is 3. The number of rotatable bonds is 5. The fraction of sp³-hybridized carbons (Fsp3) is 0.368. The minimum Gasteiger partial charge on any atom is -0.459 e. The number of likely N-dealkylation sites (tertiary alicyclic amines) is 1. The average molecular weight is 376 g/mol. The molecule has 0 saturated carbocycles. The zero-order chi connectivity index (χ0) is 18.7. The van der Waals surface area contributed by atoms with Crippen molar-refractivity contribution in [2.24, 2.45) is 5.92 Å². The van der Waals surface area contributed by atoms with E-state index in [-0.39, 0.29) is 24.4 Å². The molecule has 1 aliphatic rings. The monoisotopic (exact) mass is 375 g/mol. The van der Waals surface area contributed by atoms with Crippen LogP contribution in [0.5, 0.6) is 0 Å². The van der Waals surface area contributed by atoms with Crippen LogP contribution < -0.4 is 5.32 Å². The second kappa shape index (κ2) is 7.83. The van der Waals surface area contributed by atoms with E-state index in [0.717, 1.165) is 5.56 Å². The molecule has 0 bridgehead atoms. The standard InChI is InChI=1S/C19H22ClN3O3/c1-22-11-13(9-18(22)24)12-23(2)19(25)21-10-14-7-8-17(26-14)15-5-3-4-6-16(15)20/h3-8,13H,9-12H2,1-2H3,(H,21,25)/t13-/m0/s1. The van der Waals surface area contributed by atoms with Gasteiger partial charge in [0.25, 0.3) is 0 Å². The fourth-order valence-electron chi connectivity index (χ4n) is 3.13. The number of benzene rings is 1. The Balaban J connectivity index is 1.52. The summed E-state index contributed by atoms with van der Waals surface area (Å²) in [4.78, 5) is 27.1. The molecule has 0 radical (unpaired) electrons. The van der Waals surface area contributed by atoms with Crippen molar-refractivity contribution in [1.29, 1.82) is 0 Å². The van der Waals surface area contributed by atoms with Gasteiger partial charge in [-0.3, -0.25) is 4.79 Å². The van der Waals surface area contributed by atoms with Gasteiger partial charge in [0.2, 0.25) is 5.91 Å². The van der Waals surface area contributed by atoms with Crippen molar-refractivity contribution in [1.82, 2.24) is 15.1 Å². The highest BCUT2D eigenvalue weighted by Gasteiger charge is 2.28. The Bertz CT molecular complexity index is 805. The molecule has 3 rings (SSSR count). The molecule has 0 spiro atoms. The molecule has 138 valence electrons. The van der Waals surface area contributed by atoms with Crippen molar-refractivity contribution in [3.05, 3.63) is 47.2 Å². The van der Waals surface area contributed by atoms with E-state index >= 15 is 0 Å². The molecule has 1 fully saturated rings. The predicted octanol–water partition coefficient (Wildman–Crippen LogP) is 3.22. The Hall–Kier alpha value is -2.47. The van der Waals surface area contributed by atoms with Gasteiger partial charge in [0, 0.05) is 45.1 Å². The minimum atomic E-state index is -0.192. The molecular formula is C19H22ClN3O3. The second-order valence-electron chi connectivity index (χ2n) is 6.63. The van der Waals surface area contributed by atoms with E-state index in [9.17, 15) is 9.59 Å². The lowest BCUT2D eigenvalue weighted by Gasteiger charge is -2.21. The molecule has 3 amide bonds. The molecular weight excluding hydrogens is 354 g/mol. The van der Waals surface area contributed by atoms with Gasteiger partial charge in [-0.05, 0) is 24.3 Å². The van der Waals surface area contributed by atoms with Crippen LogP contribution in [0.15, 0.2) is 40.8 Å². The van der Waals surface area contributed by atoms with Crippen molar-refractivity contribution in [2.45, 2.75) is 13.0 Å². The Morgan fingerprint density at radius 2 is 2.12 bits per heavy atom. The normalized spacial score (nSPS) is 16.8. The number of halogens is 1. The highest BCUT2D eigenvalue weighted by molar-refractivity contribution is 6.33. The third-order valence-corrected chi connectivity index (χ3v) is 4.84. The third kappa shape index (κ3) is 4.19. The van der Waals surface area contributed by atoms with Gasteiger partial charge in [-0.15, -0.1) is 0 Å². The Morgan fingerprint density at radius 1 is 1.35 bits per heavy atom. The number of hydrogen-bond donors (Lipinski definition) is 1. The predicted molar refractivity (Wildman–Crippen MR) is 99.8 cm³/mol. The van der Waals surface area contributed by atoms with Crippen molar-refractivity contribution in [3.63, 3.8) is 0 Å². The Labute approximate surface area is 157 Å². The molecule has 2 heterocycles. The number of carbonyl (C=O) groups is 2. The first-order valence-electron chi connectivity index (χ1n) is 8.50. The van der Waals surface area contributed by atoms with Crippen LogP contribution in [0, 0.1) is 5.92 Å². The lowest BCUT2D eigenvalue weighted by atomic mass is 10.1. The summed E-state index contributed by atoms with van der Waals surface area (Å²) in [5, 5.41) is 3.45. The molecule has 1 aromatic heterocycles. The van der Waals surface area contributed by atoms with Crippen LogP contribution in [0.4, 0.5) is 4.79 Å². The van der Waals surface area contributed by atoms with E-state index in [1.165, 1.54) is 0 Å². The van der Waals surface area contributed by atoms with Crippen molar-refractivity contribution in [3.8, 4) is 11.3 Å². The number of furan rings is 1. The van der Waals surface area contributed by atoms with E-state index in [0.29, 0.717) is 36.1 Å². The molecule has 1 N–H and O–H groups in total. The summed E-state index contributed by atoms with van der Waals surface area (Å²) < 4.78 is 5.77. The molecule has 1 aromatic carbocycles. The first kappa shape index (κ1) is 18.3. The van der Waals surface area contributed by atoms with Gasteiger partial charge in [-0.25, -0.2) is 4.79 Å². The summed E-state index contributed by atoms with van der Waals surface area (Å²) in [5.41, 5.74) is 0.818. The third-order valence-electron chi connectivity index (χ3n) is 4.51. The van der Waals surface area contributed by atoms with Crippen LogP contribution >= 0.6 is 11.6 Å². The first-order valence-corrected chi connectivity index (χ1v) is 8.88. The lowest BCUT2D eigenvalue weighted by Crippen LogP contribution is -2.39. The number of hydrogen-bond acceptors (Lipinski definition) is 3. The van der Waals surface area contributed by atoms with E-state index in [2.05, 4.69) is 5.32 Å². The maximum atomic E-state index is 12.3. The summed E-state index contributed by atoms with van der Waals surface area (Å²) in [7, 11) is 3.52. The molecule has 1 saturated heterocycles. The minimum absolute atomic E-state index is 0.131. The van der Waals surface area contributed by atoms with Gasteiger partial charge in [0.15, 0.2) is 0 Å². The van der Waals surface area contributed by atoms with Crippen LogP contribution in [-0.4, -0.2) is 48.9 Å². The largest absolute Gasteiger partial charge is 0.459 e. The van der Waals surface area contributed by atoms with E-state index < -0.39 is 0 Å². The van der Waals surface area contributed by atoms with Gasteiger partial charge in [-0.1, -0.05) is 23.7 Å². The van der Waals surface area contributed by atoms with Crippen LogP contribution in [0.3, 0.4) is 0 Å². The highest BCUT2D eigenvalue weighted by Crippen LogP contribution is 2.29. The van der Waals surface area contributed by atoms with E-state index in [4.69, 9.17) is 16.0 Å². The summed E-state index contributed by atoms with van der Waals surface area (Å²) in [6, 6.07) is 10.9. The first-order chi connectivity index (χ1) is 12.4. The summed E-state index contributed by atoms with van der Waals surface area (Å²) in [6.07, 6.45) is 0.494. The number of nitrogens with zero attached hydrogens (tertiary/aromatic N) is 2. The fourth-order valence-corrected chi connectivity index (χ4v) is 3.35. The average Bonchev–Trinajstić information content (AvgIpc) is 3.20. The number of nitrogens with one attached hydrogen (secondary N) is 1. The van der Waals surface area contributed by atoms with Crippen LogP contribution in [0.1, 0.15) is 12.2 Å².